The molecule has 114 valence electrons. The predicted molar refractivity (Wildman–Crippen MR) is 73.1 cm³/mol. The molecule has 2 atom stereocenters. The van der Waals surface area contributed by atoms with Gasteiger partial charge in [0.05, 0.1) is 12.1 Å². The first-order chi connectivity index (χ1) is 9.56. The first-order valence-electron chi connectivity index (χ1n) is 6.96. The predicted octanol–water partition coefficient (Wildman–Crippen LogP) is 3.96. The zero-order chi connectivity index (χ0) is 15.1. The topological polar surface area (TPSA) is 21.3 Å². The summed E-state index contributed by atoms with van der Waals surface area (Å²) in [5, 5.41) is 3.15. The summed E-state index contributed by atoms with van der Waals surface area (Å²) in [5.74, 6) is -3.75. The lowest BCUT2D eigenvalue weighted by molar-refractivity contribution is 0.0592. The number of hydrogen-bond donors (Lipinski definition) is 1. The fourth-order valence-electron chi connectivity index (χ4n) is 2.23. The van der Waals surface area contributed by atoms with E-state index in [9.17, 15) is 13.2 Å². The van der Waals surface area contributed by atoms with Gasteiger partial charge in [0.1, 0.15) is 0 Å². The molecule has 1 aromatic carbocycles. The Balaban J connectivity index is 3.12. The van der Waals surface area contributed by atoms with Crippen molar-refractivity contribution in [1.82, 2.24) is 5.32 Å². The SMILES string of the molecule is CCCNC(c1ccc(F)c(F)c1F)C(CCC)OC. The summed E-state index contributed by atoms with van der Waals surface area (Å²) in [7, 11) is 1.54. The second-order valence-corrected chi connectivity index (χ2v) is 4.76. The summed E-state index contributed by atoms with van der Waals surface area (Å²) in [5.41, 5.74) is 0.109. The van der Waals surface area contributed by atoms with Gasteiger partial charge in [-0.15, -0.1) is 0 Å². The van der Waals surface area contributed by atoms with Gasteiger partial charge in [0, 0.05) is 12.7 Å². The van der Waals surface area contributed by atoms with E-state index in [-0.39, 0.29) is 11.7 Å². The van der Waals surface area contributed by atoms with Crippen molar-refractivity contribution in [3.63, 3.8) is 0 Å². The Morgan fingerprint density at radius 3 is 2.35 bits per heavy atom. The van der Waals surface area contributed by atoms with Gasteiger partial charge < -0.3 is 10.1 Å². The molecular weight excluding hydrogens is 267 g/mol. The molecule has 0 saturated carbocycles. The van der Waals surface area contributed by atoms with E-state index in [0.29, 0.717) is 13.0 Å². The Kier molecular flexibility index (Phi) is 7.02. The van der Waals surface area contributed by atoms with Crippen molar-refractivity contribution in [2.24, 2.45) is 0 Å². The molecule has 20 heavy (non-hydrogen) atoms. The van der Waals surface area contributed by atoms with Gasteiger partial charge in [0.25, 0.3) is 0 Å². The van der Waals surface area contributed by atoms with Crippen LogP contribution in [0.1, 0.15) is 44.7 Å². The highest BCUT2D eigenvalue weighted by Crippen LogP contribution is 2.27. The second-order valence-electron chi connectivity index (χ2n) is 4.76. The standard InChI is InChI=1S/C15H22F3NO/c1-4-6-12(20-3)15(19-9-5-2)10-7-8-11(16)14(18)13(10)17/h7-8,12,15,19H,4-6,9H2,1-3H3. The van der Waals surface area contributed by atoms with Crippen LogP contribution in [0.25, 0.3) is 0 Å². The van der Waals surface area contributed by atoms with Crippen molar-refractivity contribution >= 4 is 0 Å². The van der Waals surface area contributed by atoms with E-state index in [1.54, 1.807) is 7.11 Å². The number of benzene rings is 1. The average molecular weight is 289 g/mol. The van der Waals surface area contributed by atoms with E-state index in [1.165, 1.54) is 6.07 Å². The van der Waals surface area contributed by atoms with Crippen LogP contribution < -0.4 is 5.32 Å². The molecule has 1 aromatic rings. The fourth-order valence-corrected chi connectivity index (χ4v) is 2.23. The molecule has 1 N–H and O–H groups in total. The molecule has 0 saturated heterocycles. The Bertz CT molecular complexity index is 426. The molecule has 0 heterocycles. The Labute approximate surface area is 118 Å². The number of ether oxygens (including phenoxy) is 1. The largest absolute Gasteiger partial charge is 0.379 e. The lowest BCUT2D eigenvalue weighted by Gasteiger charge is -2.27. The number of methoxy groups -OCH3 is 1. The average Bonchev–Trinajstić information content (AvgIpc) is 2.45. The zero-order valence-electron chi connectivity index (χ0n) is 12.2. The third kappa shape index (κ3) is 3.96. The Hall–Kier alpha value is -1.07. The molecular formula is C15H22F3NO. The van der Waals surface area contributed by atoms with Crippen molar-refractivity contribution < 1.29 is 17.9 Å². The number of halogens is 3. The maximum Gasteiger partial charge on any atom is 0.194 e. The van der Waals surface area contributed by atoms with Gasteiger partial charge in [-0.05, 0) is 25.5 Å². The first kappa shape index (κ1) is 17.0. The van der Waals surface area contributed by atoms with Crippen LogP contribution >= 0.6 is 0 Å². The molecule has 0 spiro atoms. The van der Waals surface area contributed by atoms with Crippen LogP contribution in [0, 0.1) is 17.5 Å². The molecule has 0 radical (unpaired) electrons. The van der Waals surface area contributed by atoms with Crippen molar-refractivity contribution in [1.29, 1.82) is 0 Å². The van der Waals surface area contributed by atoms with Crippen LogP contribution in [0.5, 0.6) is 0 Å². The van der Waals surface area contributed by atoms with Crippen LogP contribution in [0.4, 0.5) is 13.2 Å². The number of nitrogens with one attached hydrogen (secondary N) is 1. The molecule has 0 aliphatic carbocycles. The monoisotopic (exact) mass is 289 g/mol. The summed E-state index contributed by atoms with van der Waals surface area (Å²) in [6.07, 6.45) is 2.13. The van der Waals surface area contributed by atoms with Gasteiger partial charge in [0.2, 0.25) is 0 Å². The Morgan fingerprint density at radius 2 is 1.80 bits per heavy atom. The van der Waals surface area contributed by atoms with Gasteiger partial charge in [-0.2, -0.15) is 0 Å². The van der Waals surface area contributed by atoms with Crippen molar-refractivity contribution in [2.75, 3.05) is 13.7 Å². The molecule has 2 nitrogen and oxygen atoms in total. The minimum atomic E-state index is -1.43. The highest BCUT2D eigenvalue weighted by molar-refractivity contribution is 5.24. The molecule has 5 heteroatoms. The van der Waals surface area contributed by atoms with E-state index < -0.39 is 23.5 Å². The number of rotatable bonds is 8. The summed E-state index contributed by atoms with van der Waals surface area (Å²) in [6.45, 7) is 4.62. The van der Waals surface area contributed by atoms with E-state index in [0.717, 1.165) is 18.9 Å². The minimum Gasteiger partial charge on any atom is -0.379 e. The molecule has 0 aliphatic rings. The molecule has 2 unspecified atom stereocenters. The summed E-state index contributed by atoms with van der Waals surface area (Å²) >= 11 is 0. The summed E-state index contributed by atoms with van der Waals surface area (Å²) in [4.78, 5) is 0. The van der Waals surface area contributed by atoms with Crippen molar-refractivity contribution in [3.8, 4) is 0 Å². The van der Waals surface area contributed by atoms with Gasteiger partial charge >= 0.3 is 0 Å². The molecule has 1 rings (SSSR count). The maximum atomic E-state index is 14.0. The van der Waals surface area contributed by atoms with E-state index >= 15 is 0 Å². The van der Waals surface area contributed by atoms with Gasteiger partial charge in [-0.25, -0.2) is 13.2 Å². The highest BCUT2D eigenvalue weighted by Gasteiger charge is 2.27. The summed E-state index contributed by atoms with van der Waals surface area (Å²) in [6, 6.07) is 1.74. The van der Waals surface area contributed by atoms with E-state index in [2.05, 4.69) is 5.32 Å². The van der Waals surface area contributed by atoms with Gasteiger partial charge in [0.15, 0.2) is 17.5 Å². The first-order valence-corrected chi connectivity index (χ1v) is 6.96. The molecule has 0 aliphatic heterocycles. The van der Waals surface area contributed by atoms with Crippen molar-refractivity contribution in [2.45, 2.75) is 45.3 Å². The third-order valence-corrected chi connectivity index (χ3v) is 3.26. The Morgan fingerprint density at radius 1 is 1.10 bits per heavy atom. The molecule has 0 aromatic heterocycles. The normalized spacial score (nSPS) is 14.3. The van der Waals surface area contributed by atoms with Crippen LogP contribution in [0.15, 0.2) is 12.1 Å². The number of hydrogen-bond acceptors (Lipinski definition) is 2. The van der Waals surface area contributed by atoms with Crippen molar-refractivity contribution in [3.05, 3.63) is 35.1 Å². The van der Waals surface area contributed by atoms with E-state index in [4.69, 9.17) is 4.74 Å². The maximum absolute atomic E-state index is 14.0. The smallest absolute Gasteiger partial charge is 0.194 e. The molecule has 0 amide bonds. The fraction of sp³-hybridized carbons (Fsp3) is 0.600. The van der Waals surface area contributed by atoms with Gasteiger partial charge in [-0.1, -0.05) is 26.3 Å². The minimum absolute atomic E-state index is 0.109. The third-order valence-electron chi connectivity index (χ3n) is 3.26. The molecule has 0 bridgehead atoms. The van der Waals surface area contributed by atoms with Crippen LogP contribution in [-0.2, 0) is 4.74 Å². The van der Waals surface area contributed by atoms with E-state index in [1.807, 2.05) is 13.8 Å². The molecule has 0 fully saturated rings. The summed E-state index contributed by atoms with van der Waals surface area (Å²) < 4.78 is 45.8. The van der Waals surface area contributed by atoms with Crippen LogP contribution in [0.2, 0.25) is 0 Å². The quantitative estimate of drug-likeness (QED) is 0.731. The van der Waals surface area contributed by atoms with Gasteiger partial charge in [-0.3, -0.25) is 0 Å². The lowest BCUT2D eigenvalue weighted by Crippen LogP contribution is -2.34. The lowest BCUT2D eigenvalue weighted by atomic mass is 9.97. The van der Waals surface area contributed by atoms with Crippen LogP contribution in [-0.4, -0.2) is 19.8 Å². The van der Waals surface area contributed by atoms with Crippen LogP contribution in [0.3, 0.4) is 0 Å². The zero-order valence-corrected chi connectivity index (χ0v) is 12.2. The second kappa shape index (κ2) is 8.27. The highest BCUT2D eigenvalue weighted by atomic mass is 19.2.